The number of hydrogen-bond donors (Lipinski definition) is 1. The molecule has 3 aliphatic heterocycles. The van der Waals surface area contributed by atoms with E-state index in [0.29, 0.717) is 40.1 Å². The fourth-order valence-electron chi connectivity index (χ4n) is 6.95. The SMILES string of the molecule is N#Cc1ccc(N2C[C@]3(c4nnc(C5C[C@H]6CC[C@@H](C5)N6)o4)C[C@]3(C(F)(F)F)C2)c2cccnc12. The van der Waals surface area contributed by atoms with E-state index in [1.807, 2.05) is 0 Å². The maximum Gasteiger partial charge on any atom is 0.397 e. The van der Waals surface area contributed by atoms with Gasteiger partial charge >= 0.3 is 6.18 Å². The van der Waals surface area contributed by atoms with Crippen LogP contribution in [0.2, 0.25) is 0 Å². The van der Waals surface area contributed by atoms with Crippen molar-refractivity contribution in [2.75, 3.05) is 18.0 Å². The van der Waals surface area contributed by atoms with Gasteiger partial charge in [-0.2, -0.15) is 18.4 Å². The van der Waals surface area contributed by atoms with Gasteiger partial charge in [0.05, 0.1) is 16.5 Å². The number of nitriles is 1. The molecule has 4 fully saturated rings. The fourth-order valence-corrected chi connectivity index (χ4v) is 6.95. The third-order valence-electron chi connectivity index (χ3n) is 8.74. The van der Waals surface area contributed by atoms with Gasteiger partial charge in [0.25, 0.3) is 0 Å². The molecule has 0 amide bonds. The topological polar surface area (TPSA) is 90.9 Å². The van der Waals surface area contributed by atoms with Gasteiger partial charge in [0, 0.05) is 48.4 Å². The molecular weight excluding hydrogens is 457 g/mol. The van der Waals surface area contributed by atoms with Crippen LogP contribution in [0, 0.1) is 16.7 Å². The lowest BCUT2D eigenvalue weighted by molar-refractivity contribution is -0.187. The normalized spacial score (nSPS) is 33.7. The molecule has 7 nitrogen and oxygen atoms in total. The number of rotatable bonds is 3. The maximum absolute atomic E-state index is 14.5. The zero-order valence-electron chi connectivity index (χ0n) is 18.8. The Labute approximate surface area is 199 Å². The first-order valence-electron chi connectivity index (χ1n) is 12.0. The minimum atomic E-state index is -4.41. The van der Waals surface area contributed by atoms with Crippen LogP contribution in [-0.4, -0.2) is 46.5 Å². The highest BCUT2D eigenvalue weighted by atomic mass is 19.4. The lowest BCUT2D eigenvalue weighted by atomic mass is 9.92. The van der Waals surface area contributed by atoms with Gasteiger partial charge in [-0.3, -0.25) is 4.98 Å². The van der Waals surface area contributed by atoms with E-state index < -0.39 is 17.0 Å². The van der Waals surface area contributed by atoms with Gasteiger partial charge in [0.2, 0.25) is 11.8 Å². The molecule has 5 atom stereocenters. The van der Waals surface area contributed by atoms with Gasteiger partial charge in [-0.1, -0.05) is 0 Å². The summed E-state index contributed by atoms with van der Waals surface area (Å²) in [6.07, 6.45) is 1.12. The molecular formula is C25H23F3N6O. The summed E-state index contributed by atoms with van der Waals surface area (Å²) in [6, 6.07) is 9.82. The van der Waals surface area contributed by atoms with Crippen LogP contribution in [0.5, 0.6) is 0 Å². The number of fused-ring (bicyclic) bond motifs is 4. The van der Waals surface area contributed by atoms with E-state index in [1.54, 1.807) is 35.4 Å². The molecule has 180 valence electrons. The molecule has 10 heteroatoms. The number of benzene rings is 1. The molecule has 1 N–H and O–H groups in total. The minimum absolute atomic E-state index is 0.0500. The summed E-state index contributed by atoms with van der Waals surface area (Å²) in [5.41, 5.74) is -1.67. The van der Waals surface area contributed by atoms with Crippen LogP contribution in [0.1, 0.15) is 55.4 Å². The second-order valence-electron chi connectivity index (χ2n) is 10.6. The van der Waals surface area contributed by atoms with Gasteiger partial charge in [-0.25, -0.2) is 0 Å². The second-order valence-corrected chi connectivity index (χ2v) is 10.6. The van der Waals surface area contributed by atoms with E-state index in [2.05, 4.69) is 26.6 Å². The van der Waals surface area contributed by atoms with Crippen molar-refractivity contribution < 1.29 is 17.6 Å². The Morgan fingerprint density at radius 3 is 2.66 bits per heavy atom. The van der Waals surface area contributed by atoms with Crippen LogP contribution in [0.3, 0.4) is 0 Å². The molecule has 1 unspecified atom stereocenters. The standard InChI is InChI=1S/C25H23F3N6O/c26-25(27,28)24-11-23(24,22-33-32-21(35-22)15-8-16-4-5-17(9-15)31-16)12-34(13-24)19-6-3-14(10-29)20-18(19)2-1-7-30-20/h1-3,6-7,15-17,31H,4-5,8-9,11-13H2/t15?,16-,17+,23-,24-/m0/s1. The summed E-state index contributed by atoms with van der Waals surface area (Å²) in [5.74, 6) is 0.674. The largest absolute Gasteiger partial charge is 0.424 e. The highest BCUT2D eigenvalue weighted by Crippen LogP contribution is 2.75. The van der Waals surface area contributed by atoms with E-state index in [1.165, 1.54) is 0 Å². The first kappa shape index (κ1) is 21.1. The zero-order valence-corrected chi connectivity index (χ0v) is 18.8. The van der Waals surface area contributed by atoms with Crippen molar-refractivity contribution in [3.8, 4) is 6.07 Å². The number of pyridine rings is 1. The van der Waals surface area contributed by atoms with Crippen LogP contribution in [-0.2, 0) is 5.41 Å². The number of nitrogens with one attached hydrogen (secondary N) is 1. The highest BCUT2D eigenvalue weighted by molar-refractivity contribution is 5.95. The minimum Gasteiger partial charge on any atom is -0.424 e. The first-order valence-corrected chi connectivity index (χ1v) is 12.0. The quantitative estimate of drug-likeness (QED) is 0.601. The molecule has 4 aliphatic rings. The number of alkyl halides is 3. The molecule has 1 aliphatic carbocycles. The maximum atomic E-state index is 14.5. The van der Waals surface area contributed by atoms with E-state index in [-0.39, 0.29) is 31.3 Å². The number of piperidine rings is 2. The van der Waals surface area contributed by atoms with Crippen LogP contribution in [0.25, 0.3) is 10.9 Å². The van der Waals surface area contributed by atoms with Gasteiger partial charge < -0.3 is 14.6 Å². The lowest BCUT2D eigenvalue weighted by Gasteiger charge is -2.26. The molecule has 2 bridgehead atoms. The van der Waals surface area contributed by atoms with Crippen LogP contribution < -0.4 is 10.2 Å². The summed E-state index contributed by atoms with van der Waals surface area (Å²) in [7, 11) is 0. The predicted octanol–water partition coefficient (Wildman–Crippen LogP) is 4.20. The Morgan fingerprint density at radius 1 is 1.11 bits per heavy atom. The van der Waals surface area contributed by atoms with Crippen molar-refractivity contribution in [3.63, 3.8) is 0 Å². The molecule has 1 aromatic carbocycles. The molecule has 7 rings (SSSR count). The predicted molar refractivity (Wildman–Crippen MR) is 120 cm³/mol. The summed E-state index contributed by atoms with van der Waals surface area (Å²) in [6.45, 7) is -0.0664. The molecule has 2 aromatic heterocycles. The Bertz CT molecular complexity index is 1370. The summed E-state index contributed by atoms with van der Waals surface area (Å²) >= 11 is 0. The zero-order chi connectivity index (χ0) is 24.0. The Morgan fingerprint density at radius 2 is 1.91 bits per heavy atom. The van der Waals surface area contributed by atoms with Crippen molar-refractivity contribution >= 4 is 16.6 Å². The van der Waals surface area contributed by atoms with E-state index in [4.69, 9.17) is 4.42 Å². The average Bonchev–Trinajstić information content (AvgIpc) is 3.22. The molecule has 5 heterocycles. The van der Waals surface area contributed by atoms with Crippen LogP contribution in [0.15, 0.2) is 34.9 Å². The van der Waals surface area contributed by atoms with Gasteiger partial charge in [0.1, 0.15) is 11.5 Å². The molecule has 1 saturated carbocycles. The number of hydrogen-bond acceptors (Lipinski definition) is 7. The van der Waals surface area contributed by atoms with E-state index in [9.17, 15) is 18.4 Å². The Hall–Kier alpha value is -3.19. The second kappa shape index (κ2) is 6.94. The van der Waals surface area contributed by atoms with E-state index in [0.717, 1.165) is 25.7 Å². The monoisotopic (exact) mass is 480 g/mol. The number of aromatic nitrogens is 3. The van der Waals surface area contributed by atoms with Crippen molar-refractivity contribution in [2.45, 2.75) is 61.7 Å². The lowest BCUT2D eigenvalue weighted by Crippen LogP contribution is -2.37. The van der Waals surface area contributed by atoms with Crippen molar-refractivity contribution in [2.24, 2.45) is 5.41 Å². The fraction of sp³-hybridized carbons (Fsp3) is 0.520. The molecule has 3 saturated heterocycles. The Kier molecular flexibility index (Phi) is 4.19. The molecule has 35 heavy (non-hydrogen) atoms. The average molecular weight is 480 g/mol. The number of nitrogens with zero attached hydrogens (tertiary/aromatic N) is 5. The van der Waals surface area contributed by atoms with E-state index >= 15 is 0 Å². The smallest absolute Gasteiger partial charge is 0.397 e. The third-order valence-corrected chi connectivity index (χ3v) is 8.74. The first-order chi connectivity index (χ1) is 16.8. The van der Waals surface area contributed by atoms with Gasteiger partial charge in [-0.05, 0) is 56.4 Å². The molecule has 0 radical (unpaired) electrons. The summed E-state index contributed by atoms with van der Waals surface area (Å²) in [4.78, 5) is 6.06. The van der Waals surface area contributed by atoms with Gasteiger partial charge in [0.15, 0.2) is 0 Å². The molecule has 3 aromatic rings. The van der Waals surface area contributed by atoms with Crippen LogP contribution in [0.4, 0.5) is 18.9 Å². The van der Waals surface area contributed by atoms with Gasteiger partial charge in [-0.15, -0.1) is 10.2 Å². The highest BCUT2D eigenvalue weighted by Gasteiger charge is 2.86. The number of anilines is 1. The van der Waals surface area contributed by atoms with Crippen LogP contribution >= 0.6 is 0 Å². The molecule has 0 spiro atoms. The number of halogens is 3. The summed E-state index contributed by atoms with van der Waals surface area (Å²) < 4.78 is 49.7. The summed E-state index contributed by atoms with van der Waals surface area (Å²) in [5, 5.41) is 22.1. The van der Waals surface area contributed by atoms with Crippen molar-refractivity contribution in [1.29, 1.82) is 5.26 Å². The van der Waals surface area contributed by atoms with Crippen molar-refractivity contribution in [3.05, 3.63) is 47.8 Å². The third kappa shape index (κ3) is 2.84. The Balaban J connectivity index is 1.26. The van der Waals surface area contributed by atoms with Crippen molar-refractivity contribution in [1.82, 2.24) is 20.5 Å².